The van der Waals surface area contributed by atoms with Crippen LogP contribution in [-0.4, -0.2) is 47.7 Å². The topological polar surface area (TPSA) is 51.7 Å². The molecule has 2 aromatic rings. The minimum atomic E-state index is 0.0778. The zero-order valence-corrected chi connectivity index (χ0v) is 15.4. The van der Waals surface area contributed by atoms with Crippen LogP contribution < -0.4 is 4.74 Å². The van der Waals surface area contributed by atoms with Crippen molar-refractivity contribution in [2.24, 2.45) is 0 Å². The molecule has 5 heteroatoms. The van der Waals surface area contributed by atoms with Crippen molar-refractivity contribution in [1.29, 1.82) is 0 Å². The Morgan fingerprint density at radius 2 is 2.00 bits per heavy atom. The first-order valence-electron chi connectivity index (χ1n) is 9.93. The third kappa shape index (κ3) is 3.10. The van der Waals surface area contributed by atoms with Crippen LogP contribution in [-0.2, 0) is 11.2 Å². The summed E-state index contributed by atoms with van der Waals surface area (Å²) in [6, 6.07) is 8.39. The van der Waals surface area contributed by atoms with Gasteiger partial charge in [0.1, 0.15) is 5.75 Å². The number of carbonyl (C=O) groups is 1. The molecule has 1 aromatic carbocycles. The maximum Gasteiger partial charge on any atom is 0.255 e. The molecule has 1 aromatic heterocycles. The first kappa shape index (κ1) is 16.8. The van der Waals surface area contributed by atoms with Crippen molar-refractivity contribution in [2.75, 3.05) is 19.8 Å². The summed E-state index contributed by atoms with van der Waals surface area (Å²) in [5.41, 5.74) is 3.95. The minimum Gasteiger partial charge on any atom is -0.493 e. The van der Waals surface area contributed by atoms with Crippen molar-refractivity contribution in [1.82, 2.24) is 9.88 Å². The number of aromatic nitrogens is 1. The van der Waals surface area contributed by atoms with Gasteiger partial charge < -0.3 is 14.4 Å². The summed E-state index contributed by atoms with van der Waals surface area (Å²) in [5.74, 6) is 1.05. The zero-order valence-electron chi connectivity index (χ0n) is 15.4. The van der Waals surface area contributed by atoms with Gasteiger partial charge >= 0.3 is 0 Å². The molecule has 1 amide bonds. The molecule has 140 valence electrons. The Morgan fingerprint density at radius 1 is 1.07 bits per heavy atom. The number of pyridine rings is 1. The van der Waals surface area contributed by atoms with Gasteiger partial charge in [0.05, 0.1) is 30.9 Å². The Bertz CT molecular complexity index is 864. The Balaban J connectivity index is 1.42. The van der Waals surface area contributed by atoms with Crippen LogP contribution in [0.2, 0.25) is 0 Å². The van der Waals surface area contributed by atoms with E-state index in [-0.39, 0.29) is 18.1 Å². The van der Waals surface area contributed by atoms with E-state index in [1.165, 1.54) is 18.4 Å². The fourth-order valence-corrected chi connectivity index (χ4v) is 4.60. The minimum absolute atomic E-state index is 0.0778. The molecule has 2 fully saturated rings. The van der Waals surface area contributed by atoms with Crippen LogP contribution in [0.1, 0.15) is 41.6 Å². The number of nitrogens with zero attached hydrogens (tertiary/aromatic N) is 2. The summed E-state index contributed by atoms with van der Waals surface area (Å²) in [4.78, 5) is 19.6. The van der Waals surface area contributed by atoms with E-state index in [2.05, 4.69) is 11.1 Å². The van der Waals surface area contributed by atoms with Gasteiger partial charge in [-0.25, -0.2) is 0 Å². The lowest BCUT2D eigenvalue weighted by atomic mass is 9.89. The van der Waals surface area contributed by atoms with Gasteiger partial charge in [-0.1, -0.05) is 18.9 Å². The molecule has 5 rings (SSSR count). The molecule has 0 N–H and O–H groups in total. The van der Waals surface area contributed by atoms with Crippen molar-refractivity contribution >= 4 is 5.91 Å². The van der Waals surface area contributed by atoms with Crippen LogP contribution in [0.4, 0.5) is 0 Å². The molecule has 27 heavy (non-hydrogen) atoms. The smallest absolute Gasteiger partial charge is 0.255 e. The quantitative estimate of drug-likeness (QED) is 0.819. The maximum atomic E-state index is 13.2. The van der Waals surface area contributed by atoms with E-state index < -0.39 is 0 Å². The Kier molecular flexibility index (Phi) is 4.32. The first-order valence-corrected chi connectivity index (χ1v) is 9.93. The molecule has 0 spiro atoms. The highest BCUT2D eigenvalue weighted by Crippen LogP contribution is 2.32. The van der Waals surface area contributed by atoms with Crippen LogP contribution in [0.5, 0.6) is 5.75 Å². The fourth-order valence-electron chi connectivity index (χ4n) is 4.60. The Labute approximate surface area is 159 Å². The van der Waals surface area contributed by atoms with E-state index in [9.17, 15) is 4.79 Å². The molecule has 1 saturated heterocycles. The SMILES string of the molecule is O=C(c1cncc(-c2ccc3c(c2)CCO3)c1)N1CCOC2CCCCC21. The number of fused-ring (bicyclic) bond motifs is 2. The fraction of sp³-hybridized carbons (Fsp3) is 0.455. The van der Waals surface area contributed by atoms with Gasteiger partial charge in [-0.3, -0.25) is 9.78 Å². The molecular formula is C22H24N2O3. The van der Waals surface area contributed by atoms with Crippen LogP contribution in [0.25, 0.3) is 11.1 Å². The molecule has 0 bridgehead atoms. The molecule has 1 saturated carbocycles. The number of hydrogen-bond acceptors (Lipinski definition) is 4. The molecule has 3 heterocycles. The molecular weight excluding hydrogens is 340 g/mol. The number of ether oxygens (including phenoxy) is 2. The lowest BCUT2D eigenvalue weighted by Gasteiger charge is -2.43. The van der Waals surface area contributed by atoms with Gasteiger partial charge in [0, 0.05) is 30.9 Å². The highest BCUT2D eigenvalue weighted by molar-refractivity contribution is 5.95. The first-order chi connectivity index (χ1) is 13.3. The third-order valence-electron chi connectivity index (χ3n) is 6.00. The number of morpholine rings is 1. The third-order valence-corrected chi connectivity index (χ3v) is 6.00. The van der Waals surface area contributed by atoms with E-state index >= 15 is 0 Å². The van der Waals surface area contributed by atoms with Gasteiger partial charge in [0.2, 0.25) is 0 Å². The van der Waals surface area contributed by atoms with Gasteiger partial charge in [-0.05, 0) is 42.2 Å². The molecule has 1 aliphatic carbocycles. The molecule has 2 unspecified atom stereocenters. The summed E-state index contributed by atoms with van der Waals surface area (Å²) in [7, 11) is 0. The molecule has 3 aliphatic rings. The summed E-state index contributed by atoms with van der Waals surface area (Å²) < 4.78 is 11.5. The van der Waals surface area contributed by atoms with Crippen molar-refractivity contribution in [2.45, 2.75) is 44.2 Å². The number of benzene rings is 1. The Morgan fingerprint density at radius 3 is 2.96 bits per heavy atom. The summed E-state index contributed by atoms with van der Waals surface area (Å²) >= 11 is 0. The van der Waals surface area contributed by atoms with Gasteiger partial charge in [-0.2, -0.15) is 0 Å². The van der Waals surface area contributed by atoms with Crippen LogP contribution in [0.3, 0.4) is 0 Å². The zero-order chi connectivity index (χ0) is 18.2. The summed E-state index contributed by atoms with van der Waals surface area (Å²) in [6.07, 6.45) is 9.12. The second kappa shape index (κ2) is 6.97. The number of carbonyl (C=O) groups excluding carboxylic acids is 1. The summed E-state index contributed by atoms with van der Waals surface area (Å²) in [5, 5.41) is 0. The predicted octanol–water partition coefficient (Wildman–Crippen LogP) is 3.47. The van der Waals surface area contributed by atoms with Crippen molar-refractivity contribution < 1.29 is 14.3 Å². The lowest BCUT2D eigenvalue weighted by Crippen LogP contribution is -2.54. The molecule has 2 aliphatic heterocycles. The van der Waals surface area contributed by atoms with Crippen LogP contribution in [0.15, 0.2) is 36.7 Å². The van der Waals surface area contributed by atoms with Gasteiger partial charge in [0.25, 0.3) is 5.91 Å². The normalized spacial score (nSPS) is 24.1. The monoisotopic (exact) mass is 364 g/mol. The van der Waals surface area contributed by atoms with E-state index in [0.29, 0.717) is 18.7 Å². The van der Waals surface area contributed by atoms with Crippen molar-refractivity contribution in [3.8, 4) is 16.9 Å². The number of hydrogen-bond donors (Lipinski definition) is 0. The number of rotatable bonds is 2. The second-order valence-electron chi connectivity index (χ2n) is 7.64. The van der Waals surface area contributed by atoms with E-state index in [0.717, 1.165) is 42.7 Å². The van der Waals surface area contributed by atoms with Crippen LogP contribution in [0, 0.1) is 0 Å². The largest absolute Gasteiger partial charge is 0.493 e. The van der Waals surface area contributed by atoms with E-state index in [1.54, 1.807) is 6.20 Å². The molecule has 0 radical (unpaired) electrons. The molecule has 2 atom stereocenters. The maximum absolute atomic E-state index is 13.2. The second-order valence-corrected chi connectivity index (χ2v) is 7.64. The van der Waals surface area contributed by atoms with Crippen LogP contribution >= 0.6 is 0 Å². The van der Waals surface area contributed by atoms with E-state index in [4.69, 9.17) is 9.47 Å². The van der Waals surface area contributed by atoms with Crippen molar-refractivity contribution in [3.63, 3.8) is 0 Å². The van der Waals surface area contributed by atoms with Gasteiger partial charge in [0.15, 0.2) is 0 Å². The Hall–Kier alpha value is -2.40. The van der Waals surface area contributed by atoms with E-state index in [1.807, 2.05) is 29.3 Å². The standard InChI is InChI=1S/C22H24N2O3/c25-22(24-8-10-27-21-4-2-1-3-19(21)24)18-12-17(13-23-14-18)15-5-6-20-16(11-15)7-9-26-20/h5-6,11-14,19,21H,1-4,7-10H2. The average molecular weight is 364 g/mol. The average Bonchev–Trinajstić information content (AvgIpc) is 3.21. The summed E-state index contributed by atoms with van der Waals surface area (Å²) in [6.45, 7) is 2.04. The van der Waals surface area contributed by atoms with Gasteiger partial charge in [-0.15, -0.1) is 0 Å². The number of amides is 1. The highest BCUT2D eigenvalue weighted by Gasteiger charge is 2.37. The lowest BCUT2D eigenvalue weighted by molar-refractivity contribution is -0.0752. The highest BCUT2D eigenvalue weighted by atomic mass is 16.5. The molecule has 5 nitrogen and oxygen atoms in total. The predicted molar refractivity (Wildman–Crippen MR) is 102 cm³/mol. The van der Waals surface area contributed by atoms with Crippen molar-refractivity contribution in [3.05, 3.63) is 47.8 Å².